The van der Waals surface area contributed by atoms with Gasteiger partial charge in [0.2, 0.25) is 6.04 Å². The molecule has 80 valence electrons. The van der Waals surface area contributed by atoms with Crippen LogP contribution in [0.3, 0.4) is 0 Å². The Balaban J connectivity index is 2.79. The van der Waals surface area contributed by atoms with Gasteiger partial charge in [-0.1, -0.05) is 27.7 Å². The molecule has 1 aliphatic carbocycles. The van der Waals surface area contributed by atoms with Gasteiger partial charge in [0.25, 0.3) is 0 Å². The molecule has 1 heteroatoms. The molecule has 0 aliphatic heterocycles. The highest BCUT2D eigenvalue weighted by Gasteiger charge is 2.40. The van der Waals surface area contributed by atoms with Crippen LogP contribution in [0, 0.1) is 30.2 Å². The van der Waals surface area contributed by atoms with Gasteiger partial charge >= 0.3 is 0 Å². The van der Waals surface area contributed by atoms with Crippen molar-refractivity contribution in [1.29, 1.82) is 0 Å². The van der Waals surface area contributed by atoms with Crippen LogP contribution in [0.1, 0.15) is 47.0 Å². The van der Waals surface area contributed by atoms with E-state index in [4.69, 9.17) is 6.57 Å². The third-order valence-corrected chi connectivity index (χ3v) is 3.77. The van der Waals surface area contributed by atoms with E-state index >= 15 is 0 Å². The van der Waals surface area contributed by atoms with E-state index < -0.39 is 0 Å². The fourth-order valence-corrected chi connectivity index (χ4v) is 3.10. The van der Waals surface area contributed by atoms with E-state index in [0.29, 0.717) is 17.9 Å². The lowest BCUT2D eigenvalue weighted by Crippen LogP contribution is -2.36. The summed E-state index contributed by atoms with van der Waals surface area (Å²) in [4.78, 5) is 3.83. The first kappa shape index (κ1) is 11.6. The van der Waals surface area contributed by atoms with Crippen molar-refractivity contribution in [2.45, 2.75) is 53.0 Å². The number of hydrogen-bond donors (Lipinski definition) is 0. The fourth-order valence-electron chi connectivity index (χ4n) is 3.10. The Labute approximate surface area is 88.7 Å². The van der Waals surface area contributed by atoms with Crippen molar-refractivity contribution >= 4 is 0 Å². The summed E-state index contributed by atoms with van der Waals surface area (Å²) in [5.74, 6) is 2.83. The summed E-state index contributed by atoms with van der Waals surface area (Å²) in [6, 6.07) is 0.302. The van der Waals surface area contributed by atoms with Gasteiger partial charge in [0.15, 0.2) is 0 Å². The summed E-state index contributed by atoms with van der Waals surface area (Å²) < 4.78 is 0. The summed E-state index contributed by atoms with van der Waals surface area (Å²) in [6.07, 6.45) is 3.74. The van der Waals surface area contributed by atoms with Gasteiger partial charge < -0.3 is 4.85 Å². The van der Waals surface area contributed by atoms with Crippen molar-refractivity contribution in [2.75, 3.05) is 0 Å². The smallest absolute Gasteiger partial charge is 0.227 e. The topological polar surface area (TPSA) is 4.36 Å². The molecule has 1 nitrogen and oxygen atoms in total. The first-order chi connectivity index (χ1) is 6.57. The van der Waals surface area contributed by atoms with E-state index in [1.54, 1.807) is 0 Å². The van der Waals surface area contributed by atoms with Gasteiger partial charge in [-0.15, -0.1) is 0 Å². The van der Waals surface area contributed by atoms with E-state index in [2.05, 4.69) is 32.5 Å². The maximum absolute atomic E-state index is 7.28. The Morgan fingerprint density at radius 2 is 1.71 bits per heavy atom. The van der Waals surface area contributed by atoms with E-state index in [-0.39, 0.29) is 0 Å². The van der Waals surface area contributed by atoms with E-state index in [9.17, 15) is 0 Å². The zero-order chi connectivity index (χ0) is 10.7. The van der Waals surface area contributed by atoms with Gasteiger partial charge in [-0.05, 0) is 30.6 Å². The lowest BCUT2D eigenvalue weighted by atomic mass is 9.67. The molecule has 1 rings (SSSR count). The molecule has 0 aromatic rings. The SMILES string of the molecule is [C-]#[N+]C1CCCC(C(C)C)C1C(C)C. The van der Waals surface area contributed by atoms with Crippen molar-refractivity contribution in [3.8, 4) is 0 Å². The Kier molecular flexibility index (Phi) is 3.98. The van der Waals surface area contributed by atoms with Crippen LogP contribution in [-0.4, -0.2) is 6.04 Å². The number of rotatable bonds is 2. The van der Waals surface area contributed by atoms with Crippen molar-refractivity contribution in [1.82, 2.24) is 0 Å². The second kappa shape index (κ2) is 4.82. The fraction of sp³-hybridized carbons (Fsp3) is 0.923. The standard InChI is InChI=1S/C13H23N/c1-9(2)11-7-6-8-12(14-5)13(11)10(3)4/h9-13H,6-8H2,1-4H3. The summed E-state index contributed by atoms with van der Waals surface area (Å²) in [7, 11) is 0. The Bertz CT molecular complexity index is 212. The minimum atomic E-state index is 0.302. The average Bonchev–Trinajstić information content (AvgIpc) is 2.16. The molecule has 0 aromatic heterocycles. The predicted molar refractivity (Wildman–Crippen MR) is 60.9 cm³/mol. The summed E-state index contributed by atoms with van der Waals surface area (Å²) >= 11 is 0. The minimum Gasteiger partial charge on any atom is -0.313 e. The molecular weight excluding hydrogens is 170 g/mol. The summed E-state index contributed by atoms with van der Waals surface area (Å²) in [5.41, 5.74) is 0. The molecule has 0 radical (unpaired) electrons. The molecule has 0 heterocycles. The second-order valence-electron chi connectivity index (χ2n) is 5.36. The van der Waals surface area contributed by atoms with Crippen LogP contribution in [0.2, 0.25) is 0 Å². The van der Waals surface area contributed by atoms with Gasteiger partial charge in [0.05, 0.1) is 0 Å². The molecule has 1 fully saturated rings. The molecule has 0 saturated heterocycles. The van der Waals surface area contributed by atoms with Crippen molar-refractivity contribution in [2.24, 2.45) is 23.7 Å². The molecule has 1 aliphatic rings. The molecule has 0 amide bonds. The highest BCUT2D eigenvalue weighted by molar-refractivity contribution is 4.95. The summed E-state index contributed by atoms with van der Waals surface area (Å²) in [6.45, 7) is 16.5. The van der Waals surface area contributed by atoms with Crippen molar-refractivity contribution in [3.05, 3.63) is 11.4 Å². The number of nitrogens with zero attached hydrogens (tertiary/aromatic N) is 1. The quantitative estimate of drug-likeness (QED) is 0.584. The third-order valence-electron chi connectivity index (χ3n) is 3.77. The molecule has 0 aromatic carbocycles. The molecule has 3 unspecified atom stereocenters. The normalized spacial score (nSPS) is 33.4. The van der Waals surface area contributed by atoms with Gasteiger partial charge in [-0.2, -0.15) is 0 Å². The van der Waals surface area contributed by atoms with Gasteiger partial charge in [-0.25, -0.2) is 6.57 Å². The molecular formula is C13H23N. The largest absolute Gasteiger partial charge is 0.313 e. The maximum atomic E-state index is 7.28. The highest BCUT2D eigenvalue weighted by Crippen LogP contribution is 2.40. The summed E-state index contributed by atoms with van der Waals surface area (Å²) in [5, 5.41) is 0. The van der Waals surface area contributed by atoms with Crippen LogP contribution in [-0.2, 0) is 0 Å². The van der Waals surface area contributed by atoms with Crippen LogP contribution in [0.25, 0.3) is 4.85 Å². The van der Waals surface area contributed by atoms with Crippen LogP contribution >= 0.6 is 0 Å². The van der Waals surface area contributed by atoms with E-state index in [1.807, 2.05) is 0 Å². The van der Waals surface area contributed by atoms with Crippen LogP contribution in [0.15, 0.2) is 0 Å². The Hall–Kier alpha value is -0.510. The van der Waals surface area contributed by atoms with Crippen LogP contribution in [0.5, 0.6) is 0 Å². The van der Waals surface area contributed by atoms with Gasteiger partial charge in [-0.3, -0.25) is 0 Å². The monoisotopic (exact) mass is 193 g/mol. The third kappa shape index (κ3) is 2.29. The van der Waals surface area contributed by atoms with E-state index in [1.165, 1.54) is 12.8 Å². The minimum absolute atomic E-state index is 0.302. The zero-order valence-corrected chi connectivity index (χ0v) is 9.96. The molecule has 14 heavy (non-hydrogen) atoms. The molecule has 0 bridgehead atoms. The Morgan fingerprint density at radius 1 is 1.07 bits per heavy atom. The number of hydrogen-bond acceptors (Lipinski definition) is 0. The molecule has 3 atom stereocenters. The lowest BCUT2D eigenvalue weighted by molar-refractivity contribution is 0.128. The molecule has 1 saturated carbocycles. The first-order valence-corrected chi connectivity index (χ1v) is 5.94. The Morgan fingerprint density at radius 3 is 2.14 bits per heavy atom. The highest BCUT2D eigenvalue weighted by atomic mass is 14.7. The van der Waals surface area contributed by atoms with Gasteiger partial charge in [0, 0.05) is 12.3 Å². The van der Waals surface area contributed by atoms with Crippen LogP contribution in [0.4, 0.5) is 0 Å². The zero-order valence-electron chi connectivity index (χ0n) is 9.96. The van der Waals surface area contributed by atoms with Gasteiger partial charge in [0.1, 0.15) is 0 Å². The lowest BCUT2D eigenvalue weighted by Gasteiger charge is -2.37. The molecule has 0 N–H and O–H groups in total. The molecule has 0 spiro atoms. The van der Waals surface area contributed by atoms with Crippen LogP contribution < -0.4 is 0 Å². The predicted octanol–water partition coefficient (Wildman–Crippen LogP) is 4.00. The average molecular weight is 193 g/mol. The first-order valence-electron chi connectivity index (χ1n) is 5.94. The van der Waals surface area contributed by atoms with Crippen molar-refractivity contribution in [3.63, 3.8) is 0 Å². The van der Waals surface area contributed by atoms with E-state index in [0.717, 1.165) is 18.3 Å². The van der Waals surface area contributed by atoms with Crippen molar-refractivity contribution < 1.29 is 0 Å². The second-order valence-corrected chi connectivity index (χ2v) is 5.36. The maximum Gasteiger partial charge on any atom is 0.227 e.